The third kappa shape index (κ3) is 2.94. The van der Waals surface area contributed by atoms with E-state index in [-0.39, 0.29) is 31.0 Å². The SMILES string of the molecule is CC(C)c1[nH]nc2c1C(c1ccccc1OCCO)CC(=O)N2. The Morgan fingerprint density at radius 3 is 2.91 bits per heavy atom. The summed E-state index contributed by atoms with van der Waals surface area (Å²) in [4.78, 5) is 12.1. The molecule has 2 aromatic rings. The molecule has 0 radical (unpaired) electrons. The number of anilines is 1. The van der Waals surface area contributed by atoms with Gasteiger partial charge in [-0.05, 0) is 12.0 Å². The summed E-state index contributed by atoms with van der Waals surface area (Å²) in [7, 11) is 0. The molecule has 1 aromatic carbocycles. The van der Waals surface area contributed by atoms with Crippen molar-refractivity contribution in [3.05, 3.63) is 41.1 Å². The van der Waals surface area contributed by atoms with E-state index in [1.54, 1.807) is 0 Å². The van der Waals surface area contributed by atoms with Crippen LogP contribution in [-0.4, -0.2) is 34.4 Å². The molecule has 122 valence electrons. The summed E-state index contributed by atoms with van der Waals surface area (Å²) in [5.41, 5.74) is 3.00. The van der Waals surface area contributed by atoms with Crippen LogP contribution in [0.2, 0.25) is 0 Å². The van der Waals surface area contributed by atoms with Crippen LogP contribution in [0.25, 0.3) is 0 Å². The fourth-order valence-electron chi connectivity index (χ4n) is 3.04. The standard InChI is InChI=1S/C17H21N3O3/c1-10(2)16-15-12(9-14(22)18-17(15)20-19-16)11-5-3-4-6-13(11)23-8-7-21/h3-6,10,12,21H,7-9H2,1-2H3,(H2,18,19,20,22). The molecule has 1 amide bonds. The van der Waals surface area contributed by atoms with Crippen molar-refractivity contribution in [2.24, 2.45) is 0 Å². The Kier molecular flexibility index (Phi) is 4.34. The van der Waals surface area contributed by atoms with Crippen molar-refractivity contribution in [1.29, 1.82) is 0 Å². The van der Waals surface area contributed by atoms with E-state index < -0.39 is 0 Å². The summed E-state index contributed by atoms with van der Waals surface area (Å²) in [6, 6.07) is 7.66. The van der Waals surface area contributed by atoms with Gasteiger partial charge in [-0.3, -0.25) is 9.89 Å². The van der Waals surface area contributed by atoms with Crippen LogP contribution in [0.4, 0.5) is 5.82 Å². The summed E-state index contributed by atoms with van der Waals surface area (Å²) < 4.78 is 5.65. The van der Waals surface area contributed by atoms with Crippen LogP contribution >= 0.6 is 0 Å². The van der Waals surface area contributed by atoms with Gasteiger partial charge in [-0.25, -0.2) is 0 Å². The molecule has 6 heteroatoms. The minimum Gasteiger partial charge on any atom is -0.491 e. The number of hydrogen-bond donors (Lipinski definition) is 3. The van der Waals surface area contributed by atoms with Gasteiger partial charge in [0.2, 0.25) is 5.91 Å². The van der Waals surface area contributed by atoms with Crippen molar-refractivity contribution in [3.8, 4) is 5.75 Å². The largest absolute Gasteiger partial charge is 0.491 e. The normalized spacial score (nSPS) is 17.0. The number of carbonyl (C=O) groups excluding carboxylic acids is 1. The topological polar surface area (TPSA) is 87.2 Å². The predicted molar refractivity (Wildman–Crippen MR) is 86.8 cm³/mol. The van der Waals surface area contributed by atoms with Gasteiger partial charge < -0.3 is 15.2 Å². The molecule has 1 aliphatic heterocycles. The van der Waals surface area contributed by atoms with E-state index in [0.717, 1.165) is 16.8 Å². The number of H-pyrrole nitrogens is 1. The number of amides is 1. The van der Waals surface area contributed by atoms with Gasteiger partial charge in [0.25, 0.3) is 0 Å². The first-order valence-corrected chi connectivity index (χ1v) is 7.82. The zero-order valence-electron chi connectivity index (χ0n) is 13.3. The van der Waals surface area contributed by atoms with Gasteiger partial charge in [0.05, 0.1) is 6.61 Å². The number of benzene rings is 1. The molecule has 2 heterocycles. The second-order valence-corrected chi connectivity index (χ2v) is 5.97. The van der Waals surface area contributed by atoms with Crippen LogP contribution in [-0.2, 0) is 4.79 Å². The summed E-state index contributed by atoms with van der Waals surface area (Å²) in [5.74, 6) is 1.41. The maximum atomic E-state index is 12.1. The van der Waals surface area contributed by atoms with E-state index in [1.807, 2.05) is 24.3 Å². The Hall–Kier alpha value is -2.34. The van der Waals surface area contributed by atoms with Gasteiger partial charge in [0, 0.05) is 29.2 Å². The predicted octanol–water partition coefficient (Wildman–Crippen LogP) is 2.38. The second kappa shape index (κ2) is 6.42. The van der Waals surface area contributed by atoms with E-state index in [0.29, 0.717) is 18.0 Å². The lowest BCUT2D eigenvalue weighted by Gasteiger charge is -2.25. The van der Waals surface area contributed by atoms with E-state index >= 15 is 0 Å². The van der Waals surface area contributed by atoms with Crippen molar-refractivity contribution >= 4 is 11.7 Å². The van der Waals surface area contributed by atoms with Gasteiger partial charge in [-0.15, -0.1) is 0 Å². The maximum absolute atomic E-state index is 12.1. The van der Waals surface area contributed by atoms with Crippen molar-refractivity contribution in [3.63, 3.8) is 0 Å². The summed E-state index contributed by atoms with van der Waals surface area (Å²) in [6.45, 7) is 4.36. The molecule has 0 saturated heterocycles. The van der Waals surface area contributed by atoms with Gasteiger partial charge >= 0.3 is 0 Å². The van der Waals surface area contributed by atoms with E-state index in [4.69, 9.17) is 9.84 Å². The number of nitrogens with one attached hydrogen (secondary N) is 2. The molecule has 0 spiro atoms. The minimum atomic E-state index is -0.107. The number of nitrogens with zero attached hydrogens (tertiary/aromatic N) is 1. The molecule has 1 atom stereocenters. The van der Waals surface area contributed by atoms with Gasteiger partial charge in [0.15, 0.2) is 5.82 Å². The highest BCUT2D eigenvalue weighted by atomic mass is 16.5. The van der Waals surface area contributed by atoms with Crippen molar-refractivity contribution in [1.82, 2.24) is 10.2 Å². The molecule has 0 aliphatic carbocycles. The number of aromatic amines is 1. The number of carbonyl (C=O) groups is 1. The van der Waals surface area contributed by atoms with Gasteiger partial charge in [-0.1, -0.05) is 32.0 Å². The lowest BCUT2D eigenvalue weighted by molar-refractivity contribution is -0.116. The van der Waals surface area contributed by atoms with Crippen molar-refractivity contribution < 1.29 is 14.6 Å². The zero-order chi connectivity index (χ0) is 16.4. The van der Waals surface area contributed by atoms with Crippen molar-refractivity contribution in [2.45, 2.75) is 32.1 Å². The molecule has 6 nitrogen and oxygen atoms in total. The monoisotopic (exact) mass is 315 g/mol. The summed E-state index contributed by atoms with van der Waals surface area (Å²) in [6.07, 6.45) is 0.353. The number of para-hydroxylation sites is 1. The molecule has 0 saturated carbocycles. The van der Waals surface area contributed by atoms with Gasteiger partial charge in [-0.2, -0.15) is 5.10 Å². The van der Waals surface area contributed by atoms with Crippen LogP contribution in [0.1, 0.15) is 48.9 Å². The lowest BCUT2D eigenvalue weighted by atomic mass is 9.83. The Balaban J connectivity index is 2.07. The molecule has 3 N–H and O–H groups in total. The molecule has 0 bridgehead atoms. The first-order valence-electron chi connectivity index (χ1n) is 7.82. The fourth-order valence-corrected chi connectivity index (χ4v) is 3.04. The fraction of sp³-hybridized carbons (Fsp3) is 0.412. The Morgan fingerprint density at radius 2 is 2.17 bits per heavy atom. The smallest absolute Gasteiger partial charge is 0.226 e. The number of ether oxygens (including phenoxy) is 1. The first kappa shape index (κ1) is 15.6. The number of rotatable bonds is 5. The van der Waals surface area contributed by atoms with E-state index in [9.17, 15) is 4.79 Å². The molecule has 1 aliphatic rings. The van der Waals surface area contributed by atoms with Crippen LogP contribution < -0.4 is 10.1 Å². The third-order valence-electron chi connectivity index (χ3n) is 4.05. The van der Waals surface area contributed by atoms with Gasteiger partial charge in [0.1, 0.15) is 12.4 Å². The number of aliphatic hydroxyl groups excluding tert-OH is 1. The summed E-state index contributed by atoms with van der Waals surface area (Å²) in [5, 5.41) is 19.2. The van der Waals surface area contributed by atoms with Crippen molar-refractivity contribution in [2.75, 3.05) is 18.5 Å². The van der Waals surface area contributed by atoms with Crippen LogP contribution in [0.15, 0.2) is 24.3 Å². The third-order valence-corrected chi connectivity index (χ3v) is 4.05. The molecule has 23 heavy (non-hydrogen) atoms. The van der Waals surface area contributed by atoms with E-state index in [2.05, 4.69) is 29.4 Å². The first-order chi connectivity index (χ1) is 11.1. The molecular weight excluding hydrogens is 294 g/mol. The Bertz CT molecular complexity index is 709. The van der Waals surface area contributed by atoms with Crippen LogP contribution in [0.3, 0.4) is 0 Å². The highest BCUT2D eigenvalue weighted by molar-refractivity contribution is 5.94. The highest BCUT2D eigenvalue weighted by Crippen LogP contribution is 2.43. The number of fused-ring (bicyclic) bond motifs is 1. The second-order valence-electron chi connectivity index (χ2n) is 5.97. The number of aliphatic hydroxyl groups is 1. The molecule has 1 aromatic heterocycles. The number of aromatic nitrogens is 2. The quantitative estimate of drug-likeness (QED) is 0.790. The van der Waals surface area contributed by atoms with Crippen LogP contribution in [0, 0.1) is 0 Å². The molecule has 3 rings (SSSR count). The van der Waals surface area contributed by atoms with Crippen LogP contribution in [0.5, 0.6) is 5.75 Å². The Labute approximate surface area is 134 Å². The number of hydrogen-bond acceptors (Lipinski definition) is 4. The maximum Gasteiger partial charge on any atom is 0.226 e. The molecule has 0 fully saturated rings. The molecule has 1 unspecified atom stereocenters. The zero-order valence-corrected chi connectivity index (χ0v) is 13.3. The van der Waals surface area contributed by atoms with E-state index in [1.165, 1.54) is 0 Å². The minimum absolute atomic E-state index is 0.0479. The summed E-state index contributed by atoms with van der Waals surface area (Å²) >= 11 is 0. The average molecular weight is 315 g/mol. The highest BCUT2D eigenvalue weighted by Gasteiger charge is 2.33. The average Bonchev–Trinajstić information content (AvgIpc) is 2.96. The Morgan fingerprint density at radius 1 is 1.39 bits per heavy atom. The lowest BCUT2D eigenvalue weighted by Crippen LogP contribution is -2.24. The molecular formula is C17H21N3O3.